The lowest BCUT2D eigenvalue weighted by Crippen LogP contribution is -2.30. The maximum Gasteiger partial charge on any atom is 0.270 e. The molecule has 10 heteroatoms. The molecule has 0 spiro atoms. The Morgan fingerprint density at radius 3 is 2.79 bits per heavy atom. The maximum absolute atomic E-state index is 12.4. The Labute approximate surface area is 174 Å². The molecule has 28 heavy (non-hydrogen) atoms. The van der Waals surface area contributed by atoms with E-state index in [2.05, 4.69) is 10.3 Å². The monoisotopic (exact) mass is 437 g/mol. The van der Waals surface area contributed by atoms with Crippen LogP contribution in [0.4, 0.5) is 10.8 Å². The minimum Gasteiger partial charge on any atom is -0.479 e. The summed E-state index contributed by atoms with van der Waals surface area (Å²) in [5, 5.41) is 16.4. The van der Waals surface area contributed by atoms with Crippen molar-refractivity contribution in [3.8, 4) is 17.0 Å². The van der Waals surface area contributed by atoms with E-state index in [0.29, 0.717) is 32.2 Å². The fourth-order valence-corrected chi connectivity index (χ4v) is 3.44. The number of benzene rings is 2. The molecule has 1 amide bonds. The summed E-state index contributed by atoms with van der Waals surface area (Å²) < 4.78 is 5.57. The molecule has 3 rings (SSSR count). The van der Waals surface area contributed by atoms with Crippen LogP contribution in [0.15, 0.2) is 47.8 Å². The van der Waals surface area contributed by atoms with Gasteiger partial charge in [-0.25, -0.2) is 4.98 Å². The molecule has 7 nitrogen and oxygen atoms in total. The van der Waals surface area contributed by atoms with E-state index < -0.39 is 16.9 Å². The van der Waals surface area contributed by atoms with E-state index in [1.165, 1.54) is 29.5 Å². The van der Waals surface area contributed by atoms with Crippen LogP contribution in [0.25, 0.3) is 11.3 Å². The molecule has 1 aromatic heterocycles. The van der Waals surface area contributed by atoms with Crippen molar-refractivity contribution >= 4 is 51.3 Å². The van der Waals surface area contributed by atoms with Gasteiger partial charge in [-0.3, -0.25) is 20.2 Å². The zero-order valence-corrected chi connectivity index (χ0v) is 16.7. The first-order valence-electron chi connectivity index (χ1n) is 7.96. The Morgan fingerprint density at radius 2 is 2.07 bits per heavy atom. The Kier molecular flexibility index (Phi) is 6.13. The van der Waals surface area contributed by atoms with Crippen LogP contribution in [0.5, 0.6) is 5.75 Å². The minimum atomic E-state index is -0.830. The van der Waals surface area contributed by atoms with Crippen molar-refractivity contribution in [2.45, 2.75) is 13.0 Å². The number of anilines is 1. The molecular formula is C18H13Cl2N3O4S. The third-order valence-corrected chi connectivity index (χ3v) is 4.94. The van der Waals surface area contributed by atoms with Gasteiger partial charge < -0.3 is 4.74 Å². The Morgan fingerprint density at radius 1 is 1.29 bits per heavy atom. The molecule has 0 radical (unpaired) electrons. The van der Waals surface area contributed by atoms with Crippen molar-refractivity contribution in [2.75, 3.05) is 5.32 Å². The van der Waals surface area contributed by atoms with Gasteiger partial charge in [-0.1, -0.05) is 35.3 Å². The van der Waals surface area contributed by atoms with Crippen molar-refractivity contribution < 1.29 is 14.5 Å². The molecule has 1 N–H and O–H groups in total. The summed E-state index contributed by atoms with van der Waals surface area (Å²) in [4.78, 5) is 27.1. The van der Waals surface area contributed by atoms with Crippen LogP contribution in [0.3, 0.4) is 0 Å². The van der Waals surface area contributed by atoms with E-state index in [9.17, 15) is 14.9 Å². The molecular weight excluding hydrogens is 425 g/mol. The summed E-state index contributed by atoms with van der Waals surface area (Å²) in [6, 6.07) is 10.8. The third kappa shape index (κ3) is 4.78. The van der Waals surface area contributed by atoms with Crippen LogP contribution in [-0.2, 0) is 4.79 Å². The summed E-state index contributed by atoms with van der Waals surface area (Å²) in [6.45, 7) is 1.58. The summed E-state index contributed by atoms with van der Waals surface area (Å²) in [7, 11) is 0. The molecule has 0 fully saturated rings. The normalized spacial score (nSPS) is 11.7. The molecule has 1 atom stereocenters. The first-order valence-corrected chi connectivity index (χ1v) is 9.60. The van der Waals surface area contributed by atoms with Gasteiger partial charge in [0.2, 0.25) is 0 Å². The standard InChI is InChI=1S/C18H13Cl2N3O4S/c1-10(27-16-6-5-12(19)8-14(16)20)17(24)22-18-21-15(9-28-18)11-3-2-4-13(7-11)23(25)26/h2-10H,1H3,(H,21,22,24)/t10-/m1/s1. The van der Waals surface area contributed by atoms with Crippen molar-refractivity contribution in [1.29, 1.82) is 0 Å². The smallest absolute Gasteiger partial charge is 0.270 e. The molecule has 0 saturated carbocycles. The largest absolute Gasteiger partial charge is 0.479 e. The van der Waals surface area contributed by atoms with Crippen molar-refractivity contribution in [1.82, 2.24) is 4.98 Å². The molecule has 0 bridgehead atoms. The van der Waals surface area contributed by atoms with Gasteiger partial charge in [-0.2, -0.15) is 0 Å². The van der Waals surface area contributed by atoms with Crippen LogP contribution in [0.2, 0.25) is 10.0 Å². The van der Waals surface area contributed by atoms with Gasteiger partial charge in [-0.05, 0) is 25.1 Å². The van der Waals surface area contributed by atoms with Crippen LogP contribution >= 0.6 is 34.5 Å². The highest BCUT2D eigenvalue weighted by atomic mass is 35.5. The second kappa shape index (κ2) is 8.55. The topological polar surface area (TPSA) is 94.4 Å². The van der Waals surface area contributed by atoms with E-state index in [1.807, 2.05) is 0 Å². The predicted octanol–water partition coefficient (Wildman–Crippen LogP) is 5.43. The van der Waals surface area contributed by atoms with E-state index in [0.717, 1.165) is 0 Å². The third-order valence-electron chi connectivity index (χ3n) is 3.65. The Bertz CT molecular complexity index is 1040. The number of nitrogens with one attached hydrogen (secondary N) is 1. The maximum atomic E-state index is 12.4. The van der Waals surface area contributed by atoms with Crippen molar-refractivity contribution in [3.63, 3.8) is 0 Å². The van der Waals surface area contributed by atoms with E-state index in [1.54, 1.807) is 36.6 Å². The zero-order valence-electron chi connectivity index (χ0n) is 14.4. The van der Waals surface area contributed by atoms with Gasteiger partial charge in [0.05, 0.1) is 15.6 Å². The number of hydrogen-bond donors (Lipinski definition) is 1. The highest BCUT2D eigenvalue weighted by Crippen LogP contribution is 2.29. The lowest BCUT2D eigenvalue weighted by molar-refractivity contribution is -0.384. The van der Waals surface area contributed by atoms with E-state index in [-0.39, 0.29) is 5.69 Å². The van der Waals surface area contributed by atoms with Gasteiger partial charge in [0.15, 0.2) is 11.2 Å². The summed E-state index contributed by atoms with van der Waals surface area (Å²) >= 11 is 13.1. The molecule has 0 aliphatic carbocycles. The number of amides is 1. The summed E-state index contributed by atoms with van der Waals surface area (Å²) in [6.07, 6.45) is -0.830. The number of ether oxygens (including phenoxy) is 1. The lowest BCUT2D eigenvalue weighted by Gasteiger charge is -2.14. The fourth-order valence-electron chi connectivity index (χ4n) is 2.26. The van der Waals surface area contributed by atoms with Gasteiger partial charge in [0, 0.05) is 28.1 Å². The molecule has 2 aromatic carbocycles. The second-order valence-electron chi connectivity index (χ2n) is 5.67. The SMILES string of the molecule is C[C@@H](Oc1ccc(Cl)cc1Cl)C(=O)Nc1nc(-c2cccc([N+](=O)[O-])c2)cs1. The number of hydrogen-bond acceptors (Lipinski definition) is 6. The van der Waals surface area contributed by atoms with E-state index in [4.69, 9.17) is 27.9 Å². The molecule has 1 heterocycles. The number of nitrogens with zero attached hydrogens (tertiary/aromatic N) is 2. The number of carbonyl (C=O) groups excluding carboxylic acids is 1. The number of nitro groups is 1. The van der Waals surface area contributed by atoms with Crippen LogP contribution in [0, 0.1) is 10.1 Å². The molecule has 144 valence electrons. The van der Waals surface area contributed by atoms with Crippen LogP contribution in [-0.4, -0.2) is 21.9 Å². The van der Waals surface area contributed by atoms with Gasteiger partial charge in [-0.15, -0.1) is 11.3 Å². The number of non-ortho nitro benzene ring substituents is 1. The Balaban J connectivity index is 1.68. The number of aromatic nitrogens is 1. The number of thiazole rings is 1. The number of carbonyl (C=O) groups is 1. The van der Waals surface area contributed by atoms with Gasteiger partial charge in [0.25, 0.3) is 11.6 Å². The van der Waals surface area contributed by atoms with Crippen molar-refractivity contribution in [2.24, 2.45) is 0 Å². The van der Waals surface area contributed by atoms with E-state index >= 15 is 0 Å². The molecule has 0 aliphatic rings. The lowest BCUT2D eigenvalue weighted by atomic mass is 10.1. The summed E-state index contributed by atoms with van der Waals surface area (Å²) in [5.74, 6) is -0.0731. The molecule has 0 aliphatic heterocycles. The molecule has 0 saturated heterocycles. The number of rotatable bonds is 6. The molecule has 3 aromatic rings. The van der Waals surface area contributed by atoms with Crippen molar-refractivity contribution in [3.05, 3.63) is 68.0 Å². The number of halogens is 2. The van der Waals surface area contributed by atoms with Gasteiger partial charge >= 0.3 is 0 Å². The first-order chi connectivity index (χ1) is 13.3. The molecule has 0 unspecified atom stereocenters. The van der Waals surface area contributed by atoms with Crippen LogP contribution < -0.4 is 10.1 Å². The van der Waals surface area contributed by atoms with Gasteiger partial charge in [0.1, 0.15) is 5.75 Å². The minimum absolute atomic E-state index is 0.0297. The highest BCUT2D eigenvalue weighted by molar-refractivity contribution is 7.14. The predicted molar refractivity (Wildman–Crippen MR) is 109 cm³/mol. The quantitative estimate of drug-likeness (QED) is 0.409. The highest BCUT2D eigenvalue weighted by Gasteiger charge is 2.18. The summed E-state index contributed by atoms with van der Waals surface area (Å²) in [5.41, 5.74) is 1.08. The second-order valence-corrected chi connectivity index (χ2v) is 7.37. The van der Waals surface area contributed by atoms with Crippen LogP contribution in [0.1, 0.15) is 6.92 Å². The average molecular weight is 438 g/mol. The Hall–Kier alpha value is -2.68. The zero-order chi connectivity index (χ0) is 20.3. The number of nitro benzene ring substituents is 1. The average Bonchev–Trinajstić information content (AvgIpc) is 3.12. The first kappa shape index (κ1) is 20.1. The fraction of sp³-hybridized carbons (Fsp3) is 0.111.